The summed E-state index contributed by atoms with van der Waals surface area (Å²) in [6.45, 7) is 11.9. The number of Topliss-reactive ketones (excluding diaryl/α,β-unsaturated/α-hetero) is 2. The number of hydrogen-bond donors (Lipinski definition) is 0. The summed E-state index contributed by atoms with van der Waals surface area (Å²) in [5.41, 5.74) is 3.28. The van der Waals surface area contributed by atoms with Crippen LogP contribution in [0.2, 0.25) is 0 Å². The summed E-state index contributed by atoms with van der Waals surface area (Å²) in [6.07, 6.45) is 7.18. The molecule has 0 bridgehead atoms. The van der Waals surface area contributed by atoms with Gasteiger partial charge in [-0.3, -0.25) is 29.8 Å². The number of nitro groups is 2. The van der Waals surface area contributed by atoms with Gasteiger partial charge in [0.25, 0.3) is 11.4 Å². The summed E-state index contributed by atoms with van der Waals surface area (Å²) < 4.78 is 0. The van der Waals surface area contributed by atoms with E-state index in [0.29, 0.717) is 39.0 Å². The minimum atomic E-state index is -0.507. The largest absolute Gasteiger partial charge is 0.289 e. The highest BCUT2D eigenvalue weighted by Gasteiger charge is 2.35. The predicted molar refractivity (Wildman–Crippen MR) is 154 cm³/mol. The van der Waals surface area contributed by atoms with Crippen molar-refractivity contribution in [1.82, 2.24) is 0 Å². The van der Waals surface area contributed by atoms with Crippen LogP contribution in [0.25, 0.3) is 11.1 Å². The average Bonchev–Trinajstić information content (AvgIpc) is 2.88. The number of nitrogens with zero attached hydrogens (tertiary/aromatic N) is 2. The maximum absolute atomic E-state index is 13.8. The number of non-ortho nitro benzene ring substituents is 2. The van der Waals surface area contributed by atoms with Crippen molar-refractivity contribution in [2.45, 2.75) is 41.5 Å². The van der Waals surface area contributed by atoms with Crippen LogP contribution in [0.5, 0.6) is 0 Å². The Bertz CT molecular complexity index is 1490. The Hall–Kier alpha value is -4.72. The summed E-state index contributed by atoms with van der Waals surface area (Å²) >= 11 is 0. The highest BCUT2D eigenvalue weighted by Crippen LogP contribution is 2.41. The first-order valence-electron chi connectivity index (χ1n) is 12.8. The van der Waals surface area contributed by atoms with Crippen LogP contribution in [-0.4, -0.2) is 21.4 Å². The van der Waals surface area contributed by atoms with Gasteiger partial charge in [-0.2, -0.15) is 0 Å². The standard InChI is InChI=1S/C32H30N2O6/c1-31(2,3)27-17-22(18-28(30(27)36)32(4,5)6)21-15-25(19-7-11-23(12-8-19)33(37)38)29(35)26(16-21)20-9-13-24(14-10-20)34(39)40/h7-18H,1-6H3. The van der Waals surface area contributed by atoms with Crippen molar-refractivity contribution >= 4 is 34.1 Å². The molecule has 2 aromatic rings. The Balaban J connectivity index is 2.00. The van der Waals surface area contributed by atoms with Gasteiger partial charge in [-0.1, -0.05) is 41.5 Å². The molecule has 8 heteroatoms. The third kappa shape index (κ3) is 5.52. The summed E-state index contributed by atoms with van der Waals surface area (Å²) in [5.74, 6) is -0.339. The molecule has 2 aromatic carbocycles. The lowest BCUT2D eigenvalue weighted by Gasteiger charge is -2.32. The zero-order chi connectivity index (χ0) is 29.6. The number of nitro benzene ring substituents is 2. The number of allylic oxidation sites excluding steroid dienone is 10. The number of benzene rings is 2. The quantitative estimate of drug-likeness (QED) is 0.296. The maximum atomic E-state index is 13.8. The zero-order valence-electron chi connectivity index (χ0n) is 23.3. The molecule has 0 unspecified atom stereocenters. The van der Waals surface area contributed by atoms with Crippen molar-refractivity contribution in [2.24, 2.45) is 10.8 Å². The molecule has 0 atom stereocenters. The molecular formula is C32H30N2O6. The molecule has 0 N–H and O–H groups in total. The van der Waals surface area contributed by atoms with E-state index in [9.17, 15) is 29.8 Å². The fourth-order valence-corrected chi connectivity index (χ4v) is 4.66. The molecule has 0 aromatic heterocycles. The molecule has 2 aliphatic carbocycles. The van der Waals surface area contributed by atoms with Gasteiger partial charge in [-0.05, 0) is 81.7 Å². The number of carbonyl (C=O) groups is 2. The normalized spacial score (nSPS) is 16.2. The van der Waals surface area contributed by atoms with Gasteiger partial charge in [0, 0.05) is 46.6 Å². The van der Waals surface area contributed by atoms with E-state index < -0.39 is 20.7 Å². The van der Waals surface area contributed by atoms with Crippen LogP contribution in [-0.2, 0) is 9.59 Å². The van der Waals surface area contributed by atoms with Crippen LogP contribution >= 0.6 is 0 Å². The first-order valence-corrected chi connectivity index (χ1v) is 12.8. The van der Waals surface area contributed by atoms with Gasteiger partial charge in [0.15, 0.2) is 11.6 Å². The Labute approximate surface area is 232 Å². The van der Waals surface area contributed by atoms with Crippen molar-refractivity contribution < 1.29 is 19.4 Å². The van der Waals surface area contributed by atoms with E-state index in [0.717, 1.165) is 5.57 Å². The van der Waals surface area contributed by atoms with Crippen molar-refractivity contribution in [2.75, 3.05) is 0 Å². The zero-order valence-corrected chi connectivity index (χ0v) is 23.3. The molecule has 0 spiro atoms. The van der Waals surface area contributed by atoms with Crippen LogP contribution in [0, 0.1) is 31.1 Å². The van der Waals surface area contributed by atoms with E-state index in [-0.39, 0.29) is 22.9 Å². The summed E-state index contributed by atoms with van der Waals surface area (Å²) in [7, 11) is 0. The van der Waals surface area contributed by atoms with Gasteiger partial charge < -0.3 is 0 Å². The molecule has 0 saturated carbocycles. The summed E-state index contributed by atoms with van der Waals surface area (Å²) in [5, 5.41) is 22.4. The molecule has 2 aliphatic rings. The van der Waals surface area contributed by atoms with Crippen LogP contribution < -0.4 is 0 Å². The molecule has 0 saturated heterocycles. The molecule has 204 valence electrons. The van der Waals surface area contributed by atoms with E-state index in [4.69, 9.17) is 0 Å². The first-order chi connectivity index (χ1) is 18.6. The SMILES string of the molecule is CC(C)(C)C1=CC(=C2C=C(c3ccc([N+](=O)[O-])cc3)C(=O)C(c3ccc([N+](=O)[O-])cc3)=C2)C=C(C(C)(C)C)C1=O. The maximum Gasteiger partial charge on any atom is 0.269 e. The minimum Gasteiger partial charge on any atom is -0.289 e. The van der Waals surface area contributed by atoms with Gasteiger partial charge in [0.2, 0.25) is 0 Å². The van der Waals surface area contributed by atoms with E-state index in [1.54, 1.807) is 12.2 Å². The fraction of sp³-hybridized carbons (Fsp3) is 0.250. The lowest BCUT2D eigenvalue weighted by atomic mass is 9.71. The van der Waals surface area contributed by atoms with Gasteiger partial charge in [0.05, 0.1) is 9.85 Å². The summed E-state index contributed by atoms with van der Waals surface area (Å²) in [4.78, 5) is 48.6. The molecule has 0 amide bonds. The van der Waals surface area contributed by atoms with Crippen molar-refractivity contribution in [3.63, 3.8) is 0 Å². The highest BCUT2D eigenvalue weighted by molar-refractivity contribution is 6.44. The van der Waals surface area contributed by atoms with Crippen LogP contribution in [0.4, 0.5) is 11.4 Å². The highest BCUT2D eigenvalue weighted by atomic mass is 16.6. The third-order valence-corrected chi connectivity index (χ3v) is 6.91. The van der Waals surface area contributed by atoms with Crippen LogP contribution in [0.3, 0.4) is 0 Å². The molecule has 0 fully saturated rings. The molecule has 8 nitrogen and oxygen atoms in total. The van der Waals surface area contributed by atoms with Gasteiger partial charge in [-0.25, -0.2) is 0 Å². The lowest BCUT2D eigenvalue weighted by molar-refractivity contribution is -0.385. The monoisotopic (exact) mass is 538 g/mol. The number of carbonyl (C=O) groups excluding carboxylic acids is 2. The predicted octanol–water partition coefficient (Wildman–Crippen LogP) is 7.38. The Morgan fingerprint density at radius 3 is 1.15 bits per heavy atom. The van der Waals surface area contributed by atoms with Gasteiger partial charge >= 0.3 is 0 Å². The smallest absolute Gasteiger partial charge is 0.269 e. The van der Waals surface area contributed by atoms with Gasteiger partial charge in [-0.15, -0.1) is 0 Å². The van der Waals surface area contributed by atoms with Gasteiger partial charge in [0.1, 0.15) is 0 Å². The average molecular weight is 539 g/mol. The van der Waals surface area contributed by atoms with Crippen molar-refractivity contribution in [3.8, 4) is 0 Å². The molecule has 0 aliphatic heterocycles. The number of rotatable bonds is 4. The molecular weight excluding hydrogens is 508 g/mol. The minimum absolute atomic E-state index is 0.0182. The molecule has 40 heavy (non-hydrogen) atoms. The van der Waals surface area contributed by atoms with E-state index in [1.807, 2.05) is 53.7 Å². The van der Waals surface area contributed by atoms with E-state index >= 15 is 0 Å². The third-order valence-electron chi connectivity index (χ3n) is 6.91. The number of hydrogen-bond acceptors (Lipinski definition) is 6. The molecule has 0 heterocycles. The second-order valence-corrected chi connectivity index (χ2v) is 11.9. The fourth-order valence-electron chi connectivity index (χ4n) is 4.66. The summed E-state index contributed by atoms with van der Waals surface area (Å²) in [6, 6.07) is 11.5. The number of ketones is 2. The first kappa shape index (κ1) is 28.3. The van der Waals surface area contributed by atoms with E-state index in [2.05, 4.69) is 0 Å². The second-order valence-electron chi connectivity index (χ2n) is 11.9. The van der Waals surface area contributed by atoms with Crippen LogP contribution in [0.1, 0.15) is 52.7 Å². The Kier molecular flexibility index (Phi) is 7.15. The van der Waals surface area contributed by atoms with Crippen LogP contribution in [0.15, 0.2) is 95.1 Å². The molecule has 4 rings (SSSR count). The van der Waals surface area contributed by atoms with E-state index in [1.165, 1.54) is 48.5 Å². The topological polar surface area (TPSA) is 120 Å². The Morgan fingerprint density at radius 2 is 0.850 bits per heavy atom. The van der Waals surface area contributed by atoms with Crippen molar-refractivity contribution in [3.05, 3.63) is 126 Å². The van der Waals surface area contributed by atoms with Crippen molar-refractivity contribution in [1.29, 1.82) is 0 Å². The molecule has 0 radical (unpaired) electrons. The Morgan fingerprint density at radius 1 is 0.525 bits per heavy atom. The lowest BCUT2D eigenvalue weighted by Crippen LogP contribution is -2.28. The second kappa shape index (κ2) is 10.1.